The molecular weight excluding hydrogens is 262 g/mol. The molecule has 0 fully saturated rings. The number of nitrogens with zero attached hydrogens (tertiary/aromatic N) is 2. The third kappa shape index (κ3) is 2.62. The maximum absolute atomic E-state index is 12.5. The van der Waals surface area contributed by atoms with Gasteiger partial charge in [-0.15, -0.1) is 0 Å². The van der Waals surface area contributed by atoms with Crippen LogP contribution in [-0.4, -0.2) is 24.5 Å². The summed E-state index contributed by atoms with van der Waals surface area (Å²) in [4.78, 5) is 15.9. The highest BCUT2D eigenvalue weighted by atomic mass is 16.2. The topological polar surface area (TPSA) is 49.6 Å². The number of hydrogen-bond donors (Lipinski definition) is 1. The summed E-state index contributed by atoms with van der Waals surface area (Å²) in [6, 6.07) is 17.7. The lowest BCUT2D eigenvalue weighted by atomic mass is 10.0. The fourth-order valence-corrected chi connectivity index (χ4v) is 2.72. The third-order valence-corrected chi connectivity index (χ3v) is 3.85. The van der Waals surface area contributed by atoms with Crippen LogP contribution in [0.2, 0.25) is 0 Å². The molecule has 21 heavy (non-hydrogen) atoms. The van der Waals surface area contributed by atoms with E-state index < -0.39 is 0 Å². The van der Waals surface area contributed by atoms with Crippen molar-refractivity contribution in [3.63, 3.8) is 0 Å². The second kappa shape index (κ2) is 5.58. The first-order valence-electron chi connectivity index (χ1n) is 7.08. The average molecular weight is 281 g/mol. The fourth-order valence-electron chi connectivity index (χ4n) is 2.72. The lowest BCUT2D eigenvalue weighted by Gasteiger charge is -2.36. The standard InChI is InChI=1S/C17H19N3O/c1-19-11-14-9-5-6-10-16(14)20(17(19)21)12-15(18)13-7-3-2-4-8-13/h2-10,15H,11-12,18H2,1H3. The molecule has 2 aromatic carbocycles. The first-order valence-corrected chi connectivity index (χ1v) is 7.08. The number of nitrogens with two attached hydrogens (primary N) is 1. The zero-order chi connectivity index (χ0) is 14.8. The summed E-state index contributed by atoms with van der Waals surface area (Å²) in [7, 11) is 1.82. The number of amides is 2. The van der Waals surface area contributed by atoms with Gasteiger partial charge < -0.3 is 10.6 Å². The molecule has 1 atom stereocenters. The monoisotopic (exact) mass is 281 g/mol. The van der Waals surface area contributed by atoms with E-state index in [1.54, 1.807) is 9.80 Å². The lowest BCUT2D eigenvalue weighted by Crippen LogP contribution is -2.47. The molecule has 108 valence electrons. The van der Waals surface area contributed by atoms with Crippen molar-refractivity contribution in [1.82, 2.24) is 4.90 Å². The van der Waals surface area contributed by atoms with E-state index in [0.29, 0.717) is 13.1 Å². The van der Waals surface area contributed by atoms with E-state index in [0.717, 1.165) is 16.8 Å². The second-order valence-electron chi connectivity index (χ2n) is 5.40. The SMILES string of the molecule is CN1Cc2ccccc2N(CC(N)c2ccccc2)C1=O. The van der Waals surface area contributed by atoms with Crippen molar-refractivity contribution in [3.8, 4) is 0 Å². The smallest absolute Gasteiger partial charge is 0.323 e. The van der Waals surface area contributed by atoms with Crippen LogP contribution in [0.25, 0.3) is 0 Å². The fraction of sp³-hybridized carbons (Fsp3) is 0.235. The Kier molecular flexibility index (Phi) is 3.62. The Morgan fingerprint density at radius 1 is 1.10 bits per heavy atom. The second-order valence-corrected chi connectivity index (χ2v) is 5.40. The number of urea groups is 1. The Labute approximate surface area is 124 Å². The molecule has 0 radical (unpaired) electrons. The molecule has 0 bridgehead atoms. The molecule has 4 nitrogen and oxygen atoms in total. The summed E-state index contributed by atoms with van der Waals surface area (Å²) in [5, 5.41) is 0. The van der Waals surface area contributed by atoms with E-state index in [1.165, 1.54) is 0 Å². The highest BCUT2D eigenvalue weighted by molar-refractivity contribution is 5.94. The van der Waals surface area contributed by atoms with Gasteiger partial charge in [-0.3, -0.25) is 4.90 Å². The zero-order valence-electron chi connectivity index (χ0n) is 12.1. The van der Waals surface area contributed by atoms with Gasteiger partial charge >= 0.3 is 6.03 Å². The highest BCUT2D eigenvalue weighted by Gasteiger charge is 2.29. The summed E-state index contributed by atoms with van der Waals surface area (Å²) in [5.74, 6) is 0. The number of carbonyl (C=O) groups is 1. The number of rotatable bonds is 3. The van der Waals surface area contributed by atoms with Crippen LogP contribution in [-0.2, 0) is 6.54 Å². The van der Waals surface area contributed by atoms with Gasteiger partial charge in [0.2, 0.25) is 0 Å². The van der Waals surface area contributed by atoms with E-state index in [4.69, 9.17) is 5.73 Å². The Morgan fingerprint density at radius 2 is 1.76 bits per heavy atom. The van der Waals surface area contributed by atoms with Crippen molar-refractivity contribution in [2.24, 2.45) is 5.73 Å². The Hall–Kier alpha value is -2.33. The van der Waals surface area contributed by atoms with Crippen molar-refractivity contribution in [2.75, 3.05) is 18.5 Å². The highest BCUT2D eigenvalue weighted by Crippen LogP contribution is 2.29. The number of carbonyl (C=O) groups excluding carboxylic acids is 1. The van der Waals surface area contributed by atoms with E-state index in [-0.39, 0.29) is 12.1 Å². The van der Waals surface area contributed by atoms with Crippen LogP contribution in [0.15, 0.2) is 54.6 Å². The molecule has 2 N–H and O–H groups in total. The molecule has 2 amide bonds. The van der Waals surface area contributed by atoms with Gasteiger partial charge in [-0.1, -0.05) is 48.5 Å². The van der Waals surface area contributed by atoms with Crippen LogP contribution < -0.4 is 10.6 Å². The summed E-state index contributed by atoms with van der Waals surface area (Å²) >= 11 is 0. The average Bonchev–Trinajstić information content (AvgIpc) is 2.52. The van der Waals surface area contributed by atoms with Gasteiger partial charge in [0, 0.05) is 26.2 Å². The van der Waals surface area contributed by atoms with Crippen LogP contribution in [0.5, 0.6) is 0 Å². The number of anilines is 1. The van der Waals surface area contributed by atoms with Crippen LogP contribution >= 0.6 is 0 Å². The molecule has 0 aromatic heterocycles. The molecular formula is C17H19N3O. The molecule has 1 unspecified atom stereocenters. The molecule has 1 aliphatic heterocycles. The predicted octanol–water partition coefficient (Wildman–Crippen LogP) is 2.76. The maximum atomic E-state index is 12.5. The van der Waals surface area contributed by atoms with Crippen LogP contribution in [0.4, 0.5) is 10.5 Å². The van der Waals surface area contributed by atoms with Gasteiger partial charge in [-0.2, -0.15) is 0 Å². The van der Waals surface area contributed by atoms with Crippen LogP contribution in [0, 0.1) is 0 Å². The van der Waals surface area contributed by atoms with E-state index in [1.807, 2.05) is 55.6 Å². The van der Waals surface area contributed by atoms with Gasteiger partial charge in [0.1, 0.15) is 0 Å². The minimum atomic E-state index is -0.199. The number of benzene rings is 2. The number of para-hydroxylation sites is 1. The van der Waals surface area contributed by atoms with Crippen molar-refractivity contribution in [1.29, 1.82) is 0 Å². The Morgan fingerprint density at radius 3 is 2.52 bits per heavy atom. The van der Waals surface area contributed by atoms with Crippen molar-refractivity contribution < 1.29 is 4.79 Å². The molecule has 0 aliphatic carbocycles. The normalized spacial score (nSPS) is 15.8. The molecule has 4 heteroatoms. The Bertz CT molecular complexity index is 641. The lowest BCUT2D eigenvalue weighted by molar-refractivity contribution is 0.210. The molecule has 0 saturated carbocycles. The summed E-state index contributed by atoms with van der Waals surface area (Å²) in [6.07, 6.45) is 0. The van der Waals surface area contributed by atoms with Gasteiger partial charge in [0.25, 0.3) is 0 Å². The first-order chi connectivity index (χ1) is 10.2. The van der Waals surface area contributed by atoms with Crippen LogP contribution in [0.1, 0.15) is 17.2 Å². The number of fused-ring (bicyclic) bond motifs is 1. The molecule has 3 rings (SSSR count). The maximum Gasteiger partial charge on any atom is 0.324 e. The van der Waals surface area contributed by atoms with E-state index >= 15 is 0 Å². The van der Waals surface area contributed by atoms with Gasteiger partial charge in [0.15, 0.2) is 0 Å². The summed E-state index contributed by atoms with van der Waals surface area (Å²) in [5.41, 5.74) is 9.43. The van der Waals surface area contributed by atoms with Crippen molar-refractivity contribution >= 4 is 11.7 Å². The first kappa shape index (κ1) is 13.6. The predicted molar refractivity (Wildman–Crippen MR) is 84.0 cm³/mol. The zero-order valence-corrected chi connectivity index (χ0v) is 12.1. The third-order valence-electron chi connectivity index (χ3n) is 3.85. The van der Waals surface area contributed by atoms with Gasteiger partial charge in [-0.25, -0.2) is 4.79 Å². The van der Waals surface area contributed by atoms with Gasteiger partial charge in [0.05, 0.1) is 5.69 Å². The van der Waals surface area contributed by atoms with Crippen molar-refractivity contribution in [3.05, 3.63) is 65.7 Å². The van der Waals surface area contributed by atoms with E-state index in [2.05, 4.69) is 6.07 Å². The van der Waals surface area contributed by atoms with Crippen molar-refractivity contribution in [2.45, 2.75) is 12.6 Å². The minimum absolute atomic E-state index is 0.0000751. The van der Waals surface area contributed by atoms with Gasteiger partial charge in [-0.05, 0) is 17.2 Å². The Balaban J connectivity index is 1.89. The molecule has 2 aromatic rings. The largest absolute Gasteiger partial charge is 0.324 e. The minimum Gasteiger partial charge on any atom is -0.323 e. The molecule has 1 heterocycles. The number of hydrogen-bond acceptors (Lipinski definition) is 2. The molecule has 0 spiro atoms. The quantitative estimate of drug-likeness (QED) is 0.940. The molecule has 1 aliphatic rings. The summed E-state index contributed by atoms with van der Waals surface area (Å²) in [6.45, 7) is 1.12. The van der Waals surface area contributed by atoms with Crippen LogP contribution in [0.3, 0.4) is 0 Å². The van der Waals surface area contributed by atoms with E-state index in [9.17, 15) is 4.79 Å². The summed E-state index contributed by atoms with van der Waals surface area (Å²) < 4.78 is 0. The molecule has 0 saturated heterocycles.